The van der Waals surface area contributed by atoms with Crippen molar-refractivity contribution in [2.45, 2.75) is 31.7 Å². The van der Waals surface area contributed by atoms with Crippen LogP contribution in [0.1, 0.15) is 13.8 Å². The molecule has 3 unspecified atom stereocenters. The molecule has 0 radical (unpaired) electrons. The van der Waals surface area contributed by atoms with Gasteiger partial charge in [0.2, 0.25) is 0 Å². The second-order valence-corrected chi connectivity index (χ2v) is 5.30. The zero-order chi connectivity index (χ0) is 15.8. The van der Waals surface area contributed by atoms with Crippen LogP contribution in [0, 0.1) is 12.3 Å². The maximum Gasteiger partial charge on any atom is 0.315 e. The molecule has 0 saturated carbocycles. The van der Waals surface area contributed by atoms with Gasteiger partial charge < -0.3 is 14.6 Å². The molecule has 114 valence electrons. The number of esters is 1. The van der Waals surface area contributed by atoms with E-state index in [9.17, 15) is 19.1 Å². The number of Topliss-reactive ketones (excluding diaryl/α,β-unsaturated/α-hetero) is 1. The summed E-state index contributed by atoms with van der Waals surface area (Å²) >= 11 is 1.11. The van der Waals surface area contributed by atoms with Crippen molar-refractivity contribution in [1.29, 1.82) is 0 Å². The highest BCUT2D eigenvalue weighted by atomic mass is 32.2. The van der Waals surface area contributed by atoms with E-state index in [2.05, 4.69) is 0 Å². The number of carbonyl (C=O) groups excluding carboxylic acids is 2. The molecule has 5 nitrogen and oxygen atoms in total. The zero-order valence-electron chi connectivity index (χ0n) is 11.7. The second-order valence-electron chi connectivity index (χ2n) is 4.32. The molecular weight excluding hydrogens is 287 g/mol. The first kappa shape index (κ1) is 18.9. The third kappa shape index (κ3) is 6.89. The van der Waals surface area contributed by atoms with Gasteiger partial charge in [0.15, 0.2) is 5.67 Å². The van der Waals surface area contributed by atoms with Crippen LogP contribution in [0.25, 0.3) is 0 Å². The fraction of sp³-hybridized carbons (Fsp3) is 0.692. The molecule has 7 heteroatoms. The average Bonchev–Trinajstić information content (AvgIpc) is 2.38. The third-order valence-electron chi connectivity index (χ3n) is 2.43. The quantitative estimate of drug-likeness (QED) is 0.496. The maximum atomic E-state index is 13.7. The molecule has 0 saturated heterocycles. The molecule has 0 bridgehead atoms. The smallest absolute Gasteiger partial charge is 0.315 e. The second kappa shape index (κ2) is 8.95. The van der Waals surface area contributed by atoms with Crippen LogP contribution < -0.4 is 0 Å². The van der Waals surface area contributed by atoms with Crippen LogP contribution in [0.5, 0.6) is 0 Å². The number of ketones is 1. The van der Waals surface area contributed by atoms with Gasteiger partial charge in [0, 0.05) is 7.11 Å². The molecule has 0 aromatic heterocycles. The lowest BCUT2D eigenvalue weighted by atomic mass is 9.98. The van der Waals surface area contributed by atoms with E-state index < -0.39 is 23.8 Å². The number of methoxy groups -OCH3 is 1. The van der Waals surface area contributed by atoms with Gasteiger partial charge in [-0.1, -0.05) is 5.92 Å². The number of alkyl halides is 1. The third-order valence-corrected chi connectivity index (χ3v) is 3.48. The van der Waals surface area contributed by atoms with E-state index in [4.69, 9.17) is 15.9 Å². The fourth-order valence-corrected chi connectivity index (χ4v) is 1.86. The topological polar surface area (TPSA) is 72.8 Å². The van der Waals surface area contributed by atoms with E-state index in [1.54, 1.807) is 0 Å². The number of aliphatic hydroxyl groups excluding tert-OH is 1. The average molecular weight is 306 g/mol. The van der Waals surface area contributed by atoms with Gasteiger partial charge in [-0.3, -0.25) is 9.59 Å². The van der Waals surface area contributed by atoms with E-state index >= 15 is 0 Å². The number of rotatable bonds is 9. The largest absolute Gasteiger partial charge is 0.462 e. The minimum absolute atomic E-state index is 0.00581. The maximum absolute atomic E-state index is 13.7. The number of aliphatic hydroxyl groups is 1. The summed E-state index contributed by atoms with van der Waals surface area (Å²) in [6.45, 7) is 2.13. The lowest BCUT2D eigenvalue weighted by Gasteiger charge is -2.27. The molecule has 1 N–H and O–H groups in total. The van der Waals surface area contributed by atoms with Crippen molar-refractivity contribution in [2.75, 3.05) is 25.2 Å². The Bertz CT molecular complexity index is 377. The molecule has 0 aliphatic heterocycles. The van der Waals surface area contributed by atoms with Gasteiger partial charge in [-0.05, 0) is 13.8 Å². The Kier molecular flexibility index (Phi) is 8.46. The monoisotopic (exact) mass is 306 g/mol. The lowest BCUT2D eigenvalue weighted by molar-refractivity contribution is -0.150. The Labute approximate surface area is 122 Å². The number of ether oxygens (including phenoxy) is 2. The molecule has 0 heterocycles. The molecule has 0 aromatic rings. The molecule has 3 atom stereocenters. The van der Waals surface area contributed by atoms with Crippen molar-refractivity contribution >= 4 is 23.5 Å². The summed E-state index contributed by atoms with van der Waals surface area (Å²) in [4.78, 5) is 22.0. The summed E-state index contributed by atoms with van der Waals surface area (Å²) in [5.74, 6) is 1.40. The first-order chi connectivity index (χ1) is 9.24. The molecule has 0 aliphatic rings. The molecule has 0 aromatic carbocycles. The Morgan fingerprint density at radius 1 is 1.50 bits per heavy atom. The Morgan fingerprint density at radius 3 is 2.55 bits per heavy atom. The molecule has 0 amide bonds. The molecule has 0 fully saturated rings. The SMILES string of the molecule is C#CC(C)(F)C(O)C(COC(=O)CSCC(C)=O)OC. The van der Waals surface area contributed by atoms with Crippen LogP contribution in [0.15, 0.2) is 0 Å². The van der Waals surface area contributed by atoms with Gasteiger partial charge in [-0.2, -0.15) is 0 Å². The van der Waals surface area contributed by atoms with Crippen molar-refractivity contribution < 1.29 is 28.6 Å². The van der Waals surface area contributed by atoms with Crippen LogP contribution in [-0.2, 0) is 19.1 Å². The van der Waals surface area contributed by atoms with E-state index in [-0.39, 0.29) is 23.9 Å². The first-order valence-electron chi connectivity index (χ1n) is 5.85. The number of carbonyl (C=O) groups is 2. The zero-order valence-corrected chi connectivity index (χ0v) is 12.5. The summed E-state index contributed by atoms with van der Waals surface area (Å²) in [5, 5.41) is 9.71. The molecule has 0 spiro atoms. The number of thioether (sulfide) groups is 1. The van der Waals surface area contributed by atoms with Gasteiger partial charge >= 0.3 is 5.97 Å². The van der Waals surface area contributed by atoms with E-state index in [1.165, 1.54) is 14.0 Å². The summed E-state index contributed by atoms with van der Waals surface area (Å²) in [6, 6.07) is 0. The normalized spacial score (nSPS) is 16.6. The van der Waals surface area contributed by atoms with E-state index in [0.717, 1.165) is 18.7 Å². The van der Waals surface area contributed by atoms with Crippen molar-refractivity contribution in [1.82, 2.24) is 0 Å². The van der Waals surface area contributed by atoms with Crippen molar-refractivity contribution in [3.05, 3.63) is 0 Å². The molecule has 20 heavy (non-hydrogen) atoms. The van der Waals surface area contributed by atoms with Crippen LogP contribution in [-0.4, -0.2) is 60.0 Å². The highest BCUT2D eigenvalue weighted by Gasteiger charge is 2.37. The fourth-order valence-electron chi connectivity index (χ4n) is 1.22. The minimum atomic E-state index is -2.28. The van der Waals surface area contributed by atoms with Crippen LogP contribution in [0.2, 0.25) is 0 Å². The van der Waals surface area contributed by atoms with Crippen LogP contribution in [0.3, 0.4) is 0 Å². The number of hydrogen-bond acceptors (Lipinski definition) is 6. The van der Waals surface area contributed by atoms with Crippen LogP contribution in [0.4, 0.5) is 4.39 Å². The van der Waals surface area contributed by atoms with Gasteiger partial charge in [0.05, 0.1) is 11.5 Å². The first-order valence-corrected chi connectivity index (χ1v) is 7.00. The summed E-state index contributed by atoms with van der Waals surface area (Å²) < 4.78 is 23.4. The van der Waals surface area contributed by atoms with Crippen molar-refractivity contribution in [3.63, 3.8) is 0 Å². The summed E-state index contributed by atoms with van der Waals surface area (Å²) in [5.41, 5.74) is -2.28. The van der Waals surface area contributed by atoms with Gasteiger partial charge in [0.25, 0.3) is 0 Å². The Hall–Kier alpha value is -1.10. The van der Waals surface area contributed by atoms with Gasteiger partial charge in [-0.15, -0.1) is 18.2 Å². The molecule has 0 aliphatic carbocycles. The van der Waals surface area contributed by atoms with E-state index in [0.29, 0.717) is 0 Å². The summed E-state index contributed by atoms with van der Waals surface area (Å²) in [6.07, 6.45) is 2.28. The molecular formula is C13H19FO5S. The Balaban J connectivity index is 4.23. The van der Waals surface area contributed by atoms with E-state index in [1.807, 2.05) is 5.92 Å². The van der Waals surface area contributed by atoms with Gasteiger partial charge in [-0.25, -0.2) is 4.39 Å². The molecule has 0 rings (SSSR count). The van der Waals surface area contributed by atoms with Crippen LogP contribution >= 0.6 is 11.8 Å². The number of halogens is 1. The predicted octanol–water partition coefficient (Wildman–Crippen LogP) is 0.589. The lowest BCUT2D eigenvalue weighted by Crippen LogP contribution is -2.46. The van der Waals surface area contributed by atoms with Crippen molar-refractivity contribution in [3.8, 4) is 12.3 Å². The highest BCUT2D eigenvalue weighted by molar-refractivity contribution is 8.00. The number of hydrogen-bond donors (Lipinski definition) is 1. The minimum Gasteiger partial charge on any atom is -0.462 e. The standard InChI is InChI=1S/C13H19FO5S/c1-5-13(3,14)12(17)10(18-4)6-19-11(16)8-20-7-9(2)15/h1,10,12,17H,6-8H2,2-4H3. The number of terminal acetylenes is 1. The predicted molar refractivity (Wildman–Crippen MR) is 74.1 cm³/mol. The van der Waals surface area contributed by atoms with Gasteiger partial charge in [0.1, 0.15) is 24.6 Å². The summed E-state index contributed by atoms with van der Waals surface area (Å²) in [7, 11) is 1.25. The highest BCUT2D eigenvalue weighted by Crippen LogP contribution is 2.19. The Morgan fingerprint density at radius 2 is 2.10 bits per heavy atom. The van der Waals surface area contributed by atoms with Crippen molar-refractivity contribution in [2.24, 2.45) is 0 Å².